The van der Waals surface area contributed by atoms with Crippen molar-refractivity contribution in [1.82, 2.24) is 0 Å². The summed E-state index contributed by atoms with van der Waals surface area (Å²) in [4.78, 5) is 22.0. The van der Waals surface area contributed by atoms with Crippen LogP contribution in [0, 0.1) is 0 Å². The fourth-order valence-electron chi connectivity index (χ4n) is 1.93. The highest BCUT2D eigenvalue weighted by atomic mass is 16.5. The molecule has 0 aliphatic heterocycles. The third-order valence-electron chi connectivity index (χ3n) is 2.98. The van der Waals surface area contributed by atoms with Gasteiger partial charge in [-0.3, -0.25) is 9.59 Å². The van der Waals surface area contributed by atoms with Crippen molar-refractivity contribution in [2.45, 2.75) is 13.8 Å². The quantitative estimate of drug-likeness (QED) is 0.672. The van der Waals surface area contributed by atoms with E-state index in [2.05, 4.69) is 0 Å². The van der Waals surface area contributed by atoms with Crippen molar-refractivity contribution >= 4 is 18.0 Å². The lowest BCUT2D eigenvalue weighted by Crippen LogP contribution is -2.10. The molecule has 0 aliphatic rings. The third-order valence-corrected chi connectivity index (χ3v) is 2.98. The van der Waals surface area contributed by atoms with E-state index in [4.69, 9.17) is 23.7 Å². The Kier molecular flexibility index (Phi) is 7.61. The van der Waals surface area contributed by atoms with E-state index in [0.29, 0.717) is 22.8 Å². The molecule has 0 saturated heterocycles. The second-order valence-corrected chi connectivity index (χ2v) is 4.82. The van der Waals surface area contributed by atoms with Crippen molar-refractivity contribution in [2.24, 2.45) is 0 Å². The molecule has 0 aromatic heterocycles. The fraction of sp³-hybridized carbons (Fsp3) is 0.412. The van der Waals surface area contributed by atoms with E-state index in [1.807, 2.05) is 0 Å². The second kappa shape index (κ2) is 9.44. The standard InChI is InChI=1S/C17H22O7/c1-11(18)23-9-14(10-24-12(2)19)6-13-7-15(20-3)17(22-5)16(8-13)21-4/h6-8H,9-10H2,1-5H3. The molecule has 0 amide bonds. The molecule has 0 spiro atoms. The maximum Gasteiger partial charge on any atom is 0.302 e. The van der Waals surface area contributed by atoms with Gasteiger partial charge in [-0.15, -0.1) is 0 Å². The van der Waals surface area contributed by atoms with Gasteiger partial charge in [-0.2, -0.15) is 0 Å². The topological polar surface area (TPSA) is 80.3 Å². The van der Waals surface area contributed by atoms with Crippen LogP contribution >= 0.6 is 0 Å². The van der Waals surface area contributed by atoms with Gasteiger partial charge in [-0.1, -0.05) is 0 Å². The number of carbonyl (C=O) groups excluding carboxylic acids is 2. The summed E-state index contributed by atoms with van der Waals surface area (Å²) in [7, 11) is 4.55. The molecule has 0 atom stereocenters. The Bertz CT molecular complexity index is 574. The number of rotatable bonds is 8. The molecule has 0 fully saturated rings. The number of ether oxygens (including phenoxy) is 5. The maximum atomic E-state index is 11.0. The number of benzene rings is 1. The average molecular weight is 338 g/mol. The molecule has 0 radical (unpaired) electrons. The number of carbonyl (C=O) groups is 2. The van der Waals surface area contributed by atoms with Crippen molar-refractivity contribution < 1.29 is 33.3 Å². The van der Waals surface area contributed by atoms with Crippen LogP contribution in [-0.2, 0) is 19.1 Å². The first-order chi connectivity index (χ1) is 11.4. The van der Waals surface area contributed by atoms with Crippen molar-refractivity contribution in [3.63, 3.8) is 0 Å². The smallest absolute Gasteiger partial charge is 0.302 e. The Morgan fingerprint density at radius 3 is 1.67 bits per heavy atom. The number of esters is 2. The van der Waals surface area contributed by atoms with Gasteiger partial charge in [0.15, 0.2) is 11.5 Å². The lowest BCUT2D eigenvalue weighted by Gasteiger charge is -2.14. The van der Waals surface area contributed by atoms with E-state index in [0.717, 1.165) is 5.56 Å². The van der Waals surface area contributed by atoms with Crippen LogP contribution in [0.1, 0.15) is 19.4 Å². The van der Waals surface area contributed by atoms with E-state index in [1.54, 1.807) is 18.2 Å². The number of hydrogen-bond donors (Lipinski definition) is 0. The van der Waals surface area contributed by atoms with Gasteiger partial charge in [0.2, 0.25) is 5.75 Å². The van der Waals surface area contributed by atoms with Crippen molar-refractivity contribution in [1.29, 1.82) is 0 Å². The lowest BCUT2D eigenvalue weighted by atomic mass is 10.1. The molecule has 24 heavy (non-hydrogen) atoms. The van der Waals surface area contributed by atoms with Crippen LogP contribution in [-0.4, -0.2) is 46.5 Å². The van der Waals surface area contributed by atoms with Gasteiger partial charge in [-0.05, 0) is 23.8 Å². The van der Waals surface area contributed by atoms with Crippen LogP contribution in [0.5, 0.6) is 17.2 Å². The van der Waals surface area contributed by atoms with E-state index in [-0.39, 0.29) is 13.2 Å². The van der Waals surface area contributed by atoms with Crippen LogP contribution < -0.4 is 14.2 Å². The van der Waals surface area contributed by atoms with E-state index in [9.17, 15) is 9.59 Å². The normalized spacial score (nSPS) is 9.71. The number of methoxy groups -OCH3 is 3. The van der Waals surface area contributed by atoms with Crippen LogP contribution in [0.25, 0.3) is 6.08 Å². The highest BCUT2D eigenvalue weighted by molar-refractivity contribution is 5.68. The number of hydrogen-bond acceptors (Lipinski definition) is 7. The Labute approximate surface area is 141 Å². The van der Waals surface area contributed by atoms with Gasteiger partial charge < -0.3 is 23.7 Å². The first-order valence-electron chi connectivity index (χ1n) is 7.17. The lowest BCUT2D eigenvalue weighted by molar-refractivity contribution is -0.141. The Balaban J connectivity index is 3.18. The van der Waals surface area contributed by atoms with Gasteiger partial charge in [0.05, 0.1) is 21.3 Å². The minimum absolute atomic E-state index is 0.0132. The molecule has 0 aliphatic carbocycles. The summed E-state index contributed by atoms with van der Waals surface area (Å²) in [5.41, 5.74) is 1.33. The summed E-state index contributed by atoms with van der Waals surface area (Å²) in [6.07, 6.45) is 1.73. The van der Waals surface area contributed by atoms with E-state index >= 15 is 0 Å². The van der Waals surface area contributed by atoms with Crippen LogP contribution in [0.4, 0.5) is 0 Å². The molecule has 1 aromatic carbocycles. The minimum atomic E-state index is -0.423. The predicted octanol–water partition coefficient (Wildman–Crippen LogP) is 2.22. The zero-order valence-corrected chi connectivity index (χ0v) is 14.5. The summed E-state index contributed by atoms with van der Waals surface area (Å²) in [5.74, 6) is 0.603. The molecule has 1 aromatic rings. The van der Waals surface area contributed by atoms with Crippen molar-refractivity contribution in [3.05, 3.63) is 23.3 Å². The average Bonchev–Trinajstić information content (AvgIpc) is 2.55. The summed E-state index contributed by atoms with van der Waals surface area (Å²) in [5, 5.41) is 0. The zero-order chi connectivity index (χ0) is 18.1. The van der Waals surface area contributed by atoms with Crippen LogP contribution in [0.3, 0.4) is 0 Å². The minimum Gasteiger partial charge on any atom is -0.493 e. The SMILES string of the molecule is COc1cc(C=C(COC(C)=O)COC(C)=O)cc(OC)c1OC. The maximum absolute atomic E-state index is 11.0. The van der Waals surface area contributed by atoms with Crippen LogP contribution in [0.2, 0.25) is 0 Å². The Hall–Kier alpha value is -2.70. The summed E-state index contributed by atoms with van der Waals surface area (Å²) in [6.45, 7) is 2.64. The highest BCUT2D eigenvalue weighted by Gasteiger charge is 2.13. The van der Waals surface area contributed by atoms with Crippen molar-refractivity contribution in [2.75, 3.05) is 34.5 Å². The largest absolute Gasteiger partial charge is 0.493 e. The zero-order valence-electron chi connectivity index (χ0n) is 14.5. The summed E-state index contributed by atoms with van der Waals surface area (Å²) in [6, 6.07) is 3.48. The molecule has 132 valence electrons. The van der Waals surface area contributed by atoms with Crippen molar-refractivity contribution in [3.8, 4) is 17.2 Å². The second-order valence-electron chi connectivity index (χ2n) is 4.82. The first-order valence-corrected chi connectivity index (χ1v) is 7.17. The molecule has 0 bridgehead atoms. The predicted molar refractivity (Wildman–Crippen MR) is 87.3 cm³/mol. The summed E-state index contributed by atoms with van der Waals surface area (Å²) >= 11 is 0. The van der Waals surface area contributed by atoms with E-state index < -0.39 is 11.9 Å². The third kappa shape index (κ3) is 5.83. The Morgan fingerprint density at radius 1 is 0.875 bits per heavy atom. The molecule has 7 heteroatoms. The first kappa shape index (κ1) is 19.3. The molecule has 0 heterocycles. The van der Waals surface area contributed by atoms with Gasteiger partial charge >= 0.3 is 11.9 Å². The molecule has 0 saturated carbocycles. The van der Waals surface area contributed by atoms with Gasteiger partial charge in [0.1, 0.15) is 13.2 Å². The molecule has 7 nitrogen and oxygen atoms in total. The molecular formula is C17H22O7. The fourth-order valence-corrected chi connectivity index (χ4v) is 1.93. The monoisotopic (exact) mass is 338 g/mol. The summed E-state index contributed by atoms with van der Waals surface area (Å²) < 4.78 is 25.8. The van der Waals surface area contributed by atoms with Crippen LogP contribution in [0.15, 0.2) is 17.7 Å². The molecular weight excluding hydrogens is 316 g/mol. The molecule has 1 rings (SSSR count). The van der Waals surface area contributed by atoms with Gasteiger partial charge in [-0.25, -0.2) is 0 Å². The van der Waals surface area contributed by atoms with E-state index in [1.165, 1.54) is 35.2 Å². The highest BCUT2D eigenvalue weighted by Crippen LogP contribution is 2.38. The Morgan fingerprint density at radius 2 is 1.33 bits per heavy atom. The van der Waals surface area contributed by atoms with Gasteiger partial charge in [0.25, 0.3) is 0 Å². The molecule has 0 N–H and O–H groups in total. The molecule has 0 unspecified atom stereocenters. The van der Waals surface area contributed by atoms with Gasteiger partial charge in [0, 0.05) is 19.4 Å².